The number of rotatable bonds is 4. The largest absolute Gasteiger partial charge is 0.368 e. The molecule has 1 N–H and O–H groups in total. The van der Waals surface area contributed by atoms with E-state index in [2.05, 4.69) is 24.1 Å². The third-order valence-electron chi connectivity index (χ3n) is 2.86. The highest BCUT2D eigenvalue weighted by molar-refractivity contribution is 5.41. The van der Waals surface area contributed by atoms with Crippen molar-refractivity contribution in [3.05, 3.63) is 53.1 Å². The minimum Gasteiger partial charge on any atom is -0.368 e. The molecule has 2 aromatic heterocycles. The van der Waals surface area contributed by atoms with E-state index >= 15 is 0 Å². The smallest absolute Gasteiger partial charge is 0.255 e. The summed E-state index contributed by atoms with van der Waals surface area (Å²) in [4.78, 5) is 16.0. The van der Waals surface area contributed by atoms with Gasteiger partial charge >= 0.3 is 0 Å². The summed E-state index contributed by atoms with van der Waals surface area (Å²) >= 11 is 0. The molecular weight excluding hydrogens is 226 g/mol. The summed E-state index contributed by atoms with van der Waals surface area (Å²) in [7, 11) is 0. The molecule has 2 aromatic rings. The van der Waals surface area contributed by atoms with Crippen molar-refractivity contribution in [1.82, 2.24) is 9.55 Å². The van der Waals surface area contributed by atoms with Crippen molar-refractivity contribution in [1.29, 1.82) is 0 Å². The summed E-state index contributed by atoms with van der Waals surface area (Å²) in [5.74, 6) is 0.831. The van der Waals surface area contributed by atoms with Gasteiger partial charge < -0.3 is 5.32 Å². The summed E-state index contributed by atoms with van der Waals surface area (Å²) in [5, 5.41) is 3.29. The second-order valence-corrected chi connectivity index (χ2v) is 4.26. The molecule has 0 aliphatic rings. The lowest BCUT2D eigenvalue weighted by molar-refractivity contribution is 0.759. The molecule has 0 saturated carbocycles. The summed E-state index contributed by atoms with van der Waals surface area (Å²) in [6, 6.07) is 9.26. The van der Waals surface area contributed by atoms with Gasteiger partial charge in [0.15, 0.2) is 0 Å². The van der Waals surface area contributed by atoms with Gasteiger partial charge in [-0.2, -0.15) is 0 Å². The van der Waals surface area contributed by atoms with E-state index in [0.717, 1.165) is 17.9 Å². The minimum atomic E-state index is -0.0538. The average Bonchev–Trinajstić information content (AvgIpc) is 2.40. The highest BCUT2D eigenvalue weighted by Crippen LogP contribution is 2.09. The molecule has 2 heterocycles. The molecule has 0 aromatic carbocycles. The van der Waals surface area contributed by atoms with E-state index in [-0.39, 0.29) is 5.56 Å². The van der Waals surface area contributed by atoms with E-state index in [1.165, 1.54) is 6.07 Å². The second-order valence-electron chi connectivity index (χ2n) is 4.26. The van der Waals surface area contributed by atoms with Gasteiger partial charge in [0.25, 0.3) is 5.56 Å². The van der Waals surface area contributed by atoms with Gasteiger partial charge in [0.2, 0.25) is 0 Å². The summed E-state index contributed by atoms with van der Waals surface area (Å²) in [6.45, 7) is 4.23. The maximum Gasteiger partial charge on any atom is 0.255 e. The van der Waals surface area contributed by atoms with Crippen LogP contribution in [-0.2, 0) is 0 Å². The third-order valence-corrected chi connectivity index (χ3v) is 2.86. The Hall–Kier alpha value is -2.10. The van der Waals surface area contributed by atoms with Crippen LogP contribution < -0.4 is 10.9 Å². The Bertz CT molecular complexity index is 560. The molecule has 18 heavy (non-hydrogen) atoms. The van der Waals surface area contributed by atoms with Crippen LogP contribution in [0.25, 0.3) is 5.69 Å². The maximum absolute atomic E-state index is 11.6. The number of hydrogen-bond donors (Lipinski definition) is 1. The molecule has 4 nitrogen and oxygen atoms in total. The SMILES string of the molecule is CC[C@@H](C)Nc1ccc(-n2ccccc2=O)cn1. The monoisotopic (exact) mass is 243 g/mol. The molecule has 0 saturated heterocycles. The van der Waals surface area contributed by atoms with Gasteiger partial charge in [-0.1, -0.05) is 13.0 Å². The first-order valence-electron chi connectivity index (χ1n) is 6.11. The topological polar surface area (TPSA) is 46.9 Å². The van der Waals surface area contributed by atoms with Gasteiger partial charge in [-0.15, -0.1) is 0 Å². The van der Waals surface area contributed by atoms with E-state index in [4.69, 9.17) is 0 Å². The van der Waals surface area contributed by atoms with Crippen molar-refractivity contribution in [2.75, 3.05) is 5.32 Å². The van der Waals surface area contributed by atoms with Gasteiger partial charge in [0, 0.05) is 18.3 Å². The molecule has 0 aliphatic heterocycles. The van der Waals surface area contributed by atoms with Crippen molar-refractivity contribution < 1.29 is 0 Å². The van der Waals surface area contributed by atoms with E-state index in [9.17, 15) is 4.79 Å². The van der Waals surface area contributed by atoms with Gasteiger partial charge in [0.05, 0.1) is 11.9 Å². The zero-order chi connectivity index (χ0) is 13.0. The van der Waals surface area contributed by atoms with Crippen LogP contribution in [0.4, 0.5) is 5.82 Å². The van der Waals surface area contributed by atoms with Crippen LogP contribution in [0.5, 0.6) is 0 Å². The van der Waals surface area contributed by atoms with E-state index in [1.807, 2.05) is 18.2 Å². The molecule has 4 heteroatoms. The third kappa shape index (κ3) is 2.77. The second kappa shape index (κ2) is 5.49. The molecule has 0 spiro atoms. The van der Waals surface area contributed by atoms with Crippen molar-refractivity contribution in [3.63, 3.8) is 0 Å². The summed E-state index contributed by atoms with van der Waals surface area (Å²) in [5.41, 5.74) is 0.720. The molecular formula is C14H17N3O. The first kappa shape index (κ1) is 12.4. The van der Waals surface area contributed by atoms with Gasteiger partial charge in [-0.05, 0) is 31.5 Å². The zero-order valence-corrected chi connectivity index (χ0v) is 10.6. The molecule has 0 fully saturated rings. The van der Waals surface area contributed by atoms with E-state index in [1.54, 1.807) is 23.0 Å². The highest BCUT2D eigenvalue weighted by atomic mass is 16.1. The Labute approximate surface area is 106 Å². The van der Waals surface area contributed by atoms with E-state index in [0.29, 0.717) is 6.04 Å². The molecule has 2 rings (SSSR count). The van der Waals surface area contributed by atoms with Gasteiger partial charge in [0.1, 0.15) is 5.82 Å². The lowest BCUT2D eigenvalue weighted by Gasteiger charge is -2.12. The van der Waals surface area contributed by atoms with Crippen molar-refractivity contribution in [2.45, 2.75) is 26.3 Å². The molecule has 1 atom stereocenters. The lowest BCUT2D eigenvalue weighted by atomic mass is 10.2. The number of nitrogens with one attached hydrogen (secondary N) is 1. The molecule has 94 valence electrons. The number of aromatic nitrogens is 2. The van der Waals surface area contributed by atoms with Crippen molar-refractivity contribution in [2.24, 2.45) is 0 Å². The van der Waals surface area contributed by atoms with Crippen LogP contribution in [0, 0.1) is 0 Å². The van der Waals surface area contributed by atoms with Crippen molar-refractivity contribution in [3.8, 4) is 5.69 Å². The van der Waals surface area contributed by atoms with Crippen LogP contribution in [0.1, 0.15) is 20.3 Å². The van der Waals surface area contributed by atoms with Crippen LogP contribution >= 0.6 is 0 Å². The standard InChI is InChI=1S/C14H17N3O/c1-3-11(2)16-13-8-7-12(10-15-13)17-9-5-4-6-14(17)18/h4-11H,3H2,1-2H3,(H,15,16)/t11-/m1/s1. The molecule has 0 bridgehead atoms. The Kier molecular flexibility index (Phi) is 3.77. The number of nitrogens with zero attached hydrogens (tertiary/aromatic N) is 2. The molecule has 0 unspecified atom stereocenters. The quantitative estimate of drug-likeness (QED) is 0.897. The van der Waals surface area contributed by atoms with Gasteiger partial charge in [-0.25, -0.2) is 4.98 Å². The summed E-state index contributed by atoms with van der Waals surface area (Å²) in [6.07, 6.45) is 4.48. The fourth-order valence-corrected chi connectivity index (χ4v) is 1.61. The van der Waals surface area contributed by atoms with Crippen LogP contribution in [0.2, 0.25) is 0 Å². The maximum atomic E-state index is 11.6. The Balaban J connectivity index is 2.23. The predicted octanol–water partition coefficient (Wildman–Crippen LogP) is 2.44. The Morgan fingerprint density at radius 1 is 1.33 bits per heavy atom. The van der Waals surface area contributed by atoms with E-state index < -0.39 is 0 Å². The Morgan fingerprint density at radius 3 is 2.78 bits per heavy atom. The summed E-state index contributed by atoms with van der Waals surface area (Å²) < 4.78 is 1.57. The average molecular weight is 243 g/mol. The lowest BCUT2D eigenvalue weighted by Crippen LogP contribution is -2.17. The van der Waals surface area contributed by atoms with Crippen LogP contribution in [0.3, 0.4) is 0 Å². The zero-order valence-electron chi connectivity index (χ0n) is 10.6. The predicted molar refractivity (Wildman–Crippen MR) is 73.2 cm³/mol. The number of pyridine rings is 2. The number of anilines is 1. The van der Waals surface area contributed by atoms with Crippen molar-refractivity contribution >= 4 is 5.82 Å². The van der Waals surface area contributed by atoms with Crippen LogP contribution in [-0.4, -0.2) is 15.6 Å². The number of hydrogen-bond acceptors (Lipinski definition) is 3. The molecule has 0 radical (unpaired) electrons. The van der Waals surface area contributed by atoms with Crippen LogP contribution in [0.15, 0.2) is 47.5 Å². The normalized spacial score (nSPS) is 12.1. The molecule has 0 amide bonds. The minimum absolute atomic E-state index is 0.0538. The fourth-order valence-electron chi connectivity index (χ4n) is 1.61. The molecule has 0 aliphatic carbocycles. The Morgan fingerprint density at radius 2 is 2.17 bits per heavy atom. The van der Waals surface area contributed by atoms with Gasteiger partial charge in [-0.3, -0.25) is 9.36 Å². The first-order valence-corrected chi connectivity index (χ1v) is 6.11. The first-order chi connectivity index (χ1) is 8.70. The highest BCUT2D eigenvalue weighted by Gasteiger charge is 2.02. The fraction of sp³-hybridized carbons (Fsp3) is 0.286.